The molecule has 4 nitrogen and oxygen atoms in total. The van der Waals surface area contributed by atoms with E-state index in [4.69, 9.17) is 17.5 Å². The molecule has 0 unspecified atom stereocenters. The molecule has 0 radical (unpaired) electrons. The van der Waals surface area contributed by atoms with E-state index >= 15 is 0 Å². The van der Waals surface area contributed by atoms with Crippen molar-refractivity contribution in [2.24, 2.45) is 0 Å². The number of hydrogen-bond donors (Lipinski definition) is 0. The summed E-state index contributed by atoms with van der Waals surface area (Å²) in [6.45, 7) is 0. The molecule has 0 amide bonds. The summed E-state index contributed by atoms with van der Waals surface area (Å²) in [6.07, 6.45) is 0. The average molecular weight is 220 g/mol. The maximum atomic E-state index is 8.52. The van der Waals surface area contributed by atoms with E-state index in [0.29, 0.717) is 0 Å². The standard InChI is InChI=1S/ClH.H2O4S.Y/c;1-5(2,3)4;/h1H;(H2,1,2,3,4);/q;;+3/p-3. The molecule has 0 fully saturated rings. The minimum Gasteiger partial charge on any atom is -1.00 e. The van der Waals surface area contributed by atoms with Crippen molar-refractivity contribution in [3.63, 3.8) is 0 Å². The first-order chi connectivity index (χ1) is 2.00. The number of halogens is 1. The molecule has 0 saturated carbocycles. The molecule has 0 heterocycles. The average Bonchev–Trinajstić information content (AvgIpc) is 0.722. The topological polar surface area (TPSA) is 80.3 Å². The number of hydrogen-bond acceptors (Lipinski definition) is 4. The molecule has 0 bridgehead atoms. The van der Waals surface area contributed by atoms with Gasteiger partial charge < -0.3 is 21.5 Å². The molecular formula is ClO4SY. The van der Waals surface area contributed by atoms with Gasteiger partial charge in [0, 0.05) is 10.4 Å². The van der Waals surface area contributed by atoms with E-state index in [-0.39, 0.29) is 45.1 Å². The minimum absolute atomic E-state index is 0. The Morgan fingerprint density at radius 2 is 1.14 bits per heavy atom. The van der Waals surface area contributed by atoms with Crippen LogP contribution in [0.4, 0.5) is 0 Å². The second-order valence-electron chi connectivity index (χ2n) is 0.408. The van der Waals surface area contributed by atoms with Gasteiger partial charge in [-0.1, -0.05) is 0 Å². The maximum Gasteiger partial charge on any atom is 3.00 e. The minimum atomic E-state index is -5.17. The van der Waals surface area contributed by atoms with E-state index in [0.717, 1.165) is 0 Å². The Morgan fingerprint density at radius 3 is 1.14 bits per heavy atom. The van der Waals surface area contributed by atoms with Crippen LogP contribution in [0, 0.1) is 0 Å². The molecule has 0 aliphatic carbocycles. The van der Waals surface area contributed by atoms with Crippen LogP contribution in [-0.2, 0) is 43.1 Å². The van der Waals surface area contributed by atoms with E-state index in [9.17, 15) is 0 Å². The molecule has 0 aromatic carbocycles. The Kier molecular flexibility index (Phi) is 12.1. The van der Waals surface area contributed by atoms with E-state index in [2.05, 4.69) is 0 Å². The Balaban J connectivity index is -0.0000000800. The largest absolute Gasteiger partial charge is 3.00 e. The zero-order valence-corrected chi connectivity index (χ0v) is 7.41. The van der Waals surface area contributed by atoms with E-state index in [1.165, 1.54) is 0 Å². The summed E-state index contributed by atoms with van der Waals surface area (Å²) in [6, 6.07) is 0. The van der Waals surface area contributed by atoms with E-state index in [1.54, 1.807) is 0 Å². The van der Waals surface area contributed by atoms with Crippen molar-refractivity contribution >= 4 is 10.4 Å². The third-order valence-electron chi connectivity index (χ3n) is 0. The first-order valence-electron chi connectivity index (χ1n) is 0.667. The van der Waals surface area contributed by atoms with Gasteiger partial charge in [-0.3, -0.25) is 8.42 Å². The van der Waals surface area contributed by atoms with Gasteiger partial charge in [-0.15, -0.1) is 0 Å². The molecule has 7 heteroatoms. The third kappa shape index (κ3) is 126. The predicted molar refractivity (Wildman–Crippen MR) is 10.5 cm³/mol. The van der Waals surface area contributed by atoms with Gasteiger partial charge in [0.05, 0.1) is 0 Å². The van der Waals surface area contributed by atoms with Crippen LogP contribution in [0.5, 0.6) is 0 Å². The summed E-state index contributed by atoms with van der Waals surface area (Å²) < 4.78 is 34.1. The van der Waals surface area contributed by atoms with E-state index in [1.807, 2.05) is 0 Å². The Hall–Kier alpha value is 1.26. The van der Waals surface area contributed by atoms with Crippen molar-refractivity contribution in [3.05, 3.63) is 0 Å². The molecule has 40 valence electrons. The molecule has 0 N–H and O–H groups in total. The summed E-state index contributed by atoms with van der Waals surface area (Å²) in [5.41, 5.74) is 0. The van der Waals surface area contributed by atoms with Gasteiger partial charge in [0.25, 0.3) is 0 Å². The molecule has 0 aliphatic rings. The zero-order valence-electron chi connectivity index (χ0n) is 3.00. The van der Waals surface area contributed by atoms with Gasteiger partial charge in [0.2, 0.25) is 0 Å². The molecule has 7 heavy (non-hydrogen) atoms. The third-order valence-corrected chi connectivity index (χ3v) is 0. The van der Waals surface area contributed by atoms with Gasteiger partial charge in [-0.2, -0.15) is 0 Å². The van der Waals surface area contributed by atoms with Gasteiger partial charge in [0.15, 0.2) is 0 Å². The molecule has 0 atom stereocenters. The predicted octanol–water partition coefficient (Wildman–Crippen LogP) is -4.34. The summed E-state index contributed by atoms with van der Waals surface area (Å²) in [5.74, 6) is 0. The smallest absolute Gasteiger partial charge is 1.00 e. The fourth-order valence-electron chi connectivity index (χ4n) is 0. The molecule has 0 saturated heterocycles. The van der Waals surface area contributed by atoms with E-state index < -0.39 is 10.4 Å². The van der Waals surface area contributed by atoms with Crippen molar-refractivity contribution in [1.29, 1.82) is 0 Å². The summed E-state index contributed by atoms with van der Waals surface area (Å²) in [5, 5.41) is 0. The molecule has 0 aliphatic heterocycles. The maximum absolute atomic E-state index is 8.52. The Morgan fingerprint density at radius 1 is 1.14 bits per heavy atom. The van der Waals surface area contributed by atoms with Crippen LogP contribution in [0.2, 0.25) is 0 Å². The van der Waals surface area contributed by atoms with Crippen LogP contribution in [-0.4, -0.2) is 17.5 Å². The fourth-order valence-corrected chi connectivity index (χ4v) is 0. The monoisotopic (exact) mass is 220 g/mol. The first-order valence-corrected chi connectivity index (χ1v) is 2.00. The van der Waals surface area contributed by atoms with Crippen LogP contribution in [0.3, 0.4) is 0 Å². The van der Waals surface area contributed by atoms with Crippen LogP contribution in [0.1, 0.15) is 0 Å². The van der Waals surface area contributed by atoms with Crippen molar-refractivity contribution < 1.29 is 62.6 Å². The SMILES string of the molecule is O=S(=O)([O-])[O-].[Cl-].[Y+3]. The fraction of sp³-hybridized carbons (Fsp3) is 0. The molecule has 0 rings (SSSR count). The second-order valence-corrected chi connectivity index (χ2v) is 1.22. The summed E-state index contributed by atoms with van der Waals surface area (Å²) in [7, 11) is -5.17. The molecule has 0 spiro atoms. The van der Waals surface area contributed by atoms with Crippen LogP contribution in [0.15, 0.2) is 0 Å². The van der Waals surface area contributed by atoms with Gasteiger partial charge >= 0.3 is 32.7 Å². The summed E-state index contributed by atoms with van der Waals surface area (Å²) in [4.78, 5) is 0. The molecule has 0 aromatic rings. The Labute approximate surface area is 72.5 Å². The van der Waals surface area contributed by atoms with Crippen LogP contribution >= 0.6 is 0 Å². The van der Waals surface area contributed by atoms with Crippen molar-refractivity contribution in [2.45, 2.75) is 0 Å². The van der Waals surface area contributed by atoms with Crippen LogP contribution < -0.4 is 12.4 Å². The molecular weight excluding hydrogens is 220 g/mol. The normalized spacial score (nSPS) is 8.29. The second kappa shape index (κ2) is 5.40. The van der Waals surface area contributed by atoms with Crippen molar-refractivity contribution in [3.8, 4) is 0 Å². The Bertz CT molecular complexity index is 94.9. The van der Waals surface area contributed by atoms with Crippen LogP contribution in [0.25, 0.3) is 0 Å². The first kappa shape index (κ1) is 15.7. The van der Waals surface area contributed by atoms with Crippen molar-refractivity contribution in [2.75, 3.05) is 0 Å². The number of rotatable bonds is 0. The zero-order chi connectivity index (χ0) is 4.50. The van der Waals surface area contributed by atoms with Gasteiger partial charge in [-0.05, 0) is 0 Å². The van der Waals surface area contributed by atoms with Gasteiger partial charge in [0.1, 0.15) is 0 Å². The quantitative estimate of drug-likeness (QED) is 0.305. The van der Waals surface area contributed by atoms with Crippen molar-refractivity contribution in [1.82, 2.24) is 0 Å². The molecule has 0 aromatic heterocycles. The summed E-state index contributed by atoms with van der Waals surface area (Å²) >= 11 is 0. The van der Waals surface area contributed by atoms with Gasteiger partial charge in [-0.25, -0.2) is 0 Å².